The fourth-order valence-corrected chi connectivity index (χ4v) is 2.30. The third-order valence-corrected chi connectivity index (χ3v) is 3.46. The Labute approximate surface area is 119 Å². The quantitative estimate of drug-likeness (QED) is 0.789. The number of carbonyl (C=O) groups is 2. The lowest BCUT2D eigenvalue weighted by atomic mass is 9.94. The lowest BCUT2D eigenvalue weighted by Crippen LogP contribution is -2.52. The van der Waals surface area contributed by atoms with Crippen molar-refractivity contribution >= 4 is 11.7 Å². The number of furan rings is 1. The first-order valence-corrected chi connectivity index (χ1v) is 6.96. The summed E-state index contributed by atoms with van der Waals surface area (Å²) in [4.78, 5) is 28.0. The first-order chi connectivity index (χ1) is 9.38. The van der Waals surface area contributed by atoms with Gasteiger partial charge in [0.15, 0.2) is 5.76 Å². The Kier molecular flexibility index (Phi) is 4.28. The summed E-state index contributed by atoms with van der Waals surface area (Å²) in [7, 11) is 0. The van der Waals surface area contributed by atoms with Gasteiger partial charge in [-0.1, -0.05) is 20.8 Å². The van der Waals surface area contributed by atoms with Crippen LogP contribution >= 0.6 is 0 Å². The third-order valence-electron chi connectivity index (χ3n) is 3.46. The number of ketones is 1. The molecule has 1 saturated heterocycles. The van der Waals surface area contributed by atoms with E-state index in [1.807, 2.05) is 25.7 Å². The average molecular weight is 278 g/mol. The van der Waals surface area contributed by atoms with E-state index in [0.29, 0.717) is 25.4 Å². The molecule has 0 unspecified atom stereocenters. The first-order valence-electron chi connectivity index (χ1n) is 6.96. The maximum Gasteiger partial charge on any atom is 0.228 e. The monoisotopic (exact) mass is 278 g/mol. The van der Waals surface area contributed by atoms with Gasteiger partial charge in [0.25, 0.3) is 0 Å². The molecule has 5 nitrogen and oxygen atoms in total. The Morgan fingerprint density at radius 3 is 2.35 bits per heavy atom. The molecule has 5 heteroatoms. The van der Waals surface area contributed by atoms with Crippen LogP contribution in [0.1, 0.15) is 31.3 Å². The molecule has 0 bridgehead atoms. The van der Waals surface area contributed by atoms with Crippen molar-refractivity contribution in [2.75, 3.05) is 32.7 Å². The highest BCUT2D eigenvalue weighted by molar-refractivity contribution is 5.95. The molecule has 0 aliphatic carbocycles. The molecule has 2 heterocycles. The maximum absolute atomic E-state index is 12.2. The smallest absolute Gasteiger partial charge is 0.228 e. The van der Waals surface area contributed by atoms with Crippen molar-refractivity contribution in [2.24, 2.45) is 5.41 Å². The highest BCUT2D eigenvalue weighted by atomic mass is 16.3. The van der Waals surface area contributed by atoms with Crippen molar-refractivity contribution in [3.63, 3.8) is 0 Å². The number of hydrogen-bond donors (Lipinski definition) is 0. The van der Waals surface area contributed by atoms with Crippen molar-refractivity contribution in [3.8, 4) is 0 Å². The van der Waals surface area contributed by atoms with E-state index in [9.17, 15) is 9.59 Å². The van der Waals surface area contributed by atoms with Gasteiger partial charge in [-0.3, -0.25) is 14.5 Å². The van der Waals surface area contributed by atoms with E-state index < -0.39 is 0 Å². The van der Waals surface area contributed by atoms with Gasteiger partial charge in [-0.05, 0) is 12.1 Å². The molecule has 20 heavy (non-hydrogen) atoms. The van der Waals surface area contributed by atoms with Crippen LogP contribution in [-0.2, 0) is 4.79 Å². The van der Waals surface area contributed by atoms with Crippen LogP contribution in [-0.4, -0.2) is 54.2 Å². The molecule has 1 aromatic heterocycles. The van der Waals surface area contributed by atoms with E-state index in [4.69, 9.17) is 4.42 Å². The largest absolute Gasteiger partial charge is 0.461 e. The standard InChI is InChI=1S/C15H22N2O3/c1-15(2,3)14(19)17-8-6-16(7-9-17)11-12(18)13-5-4-10-20-13/h4-5,10H,6-9,11H2,1-3H3. The summed E-state index contributed by atoms with van der Waals surface area (Å²) >= 11 is 0. The van der Waals surface area contributed by atoms with E-state index in [1.165, 1.54) is 6.26 Å². The molecule has 1 aromatic rings. The number of carbonyl (C=O) groups excluding carboxylic acids is 2. The molecule has 2 rings (SSSR count). The molecule has 0 atom stereocenters. The fraction of sp³-hybridized carbons (Fsp3) is 0.600. The van der Waals surface area contributed by atoms with Crippen LogP contribution in [0.5, 0.6) is 0 Å². The minimum absolute atomic E-state index is 0.00871. The molecule has 110 valence electrons. The second kappa shape index (κ2) is 5.79. The minimum Gasteiger partial charge on any atom is -0.461 e. The highest BCUT2D eigenvalue weighted by Crippen LogP contribution is 2.18. The van der Waals surface area contributed by atoms with Crippen LogP contribution < -0.4 is 0 Å². The Balaban J connectivity index is 1.83. The Bertz CT molecular complexity index is 466. The van der Waals surface area contributed by atoms with Crippen LogP contribution in [0.4, 0.5) is 0 Å². The van der Waals surface area contributed by atoms with E-state index in [1.54, 1.807) is 12.1 Å². The Morgan fingerprint density at radius 2 is 1.85 bits per heavy atom. The highest BCUT2D eigenvalue weighted by Gasteiger charge is 2.30. The van der Waals surface area contributed by atoms with Crippen molar-refractivity contribution in [2.45, 2.75) is 20.8 Å². The van der Waals surface area contributed by atoms with Gasteiger partial charge < -0.3 is 9.32 Å². The predicted octanol–water partition coefficient (Wildman–Crippen LogP) is 1.65. The van der Waals surface area contributed by atoms with Gasteiger partial charge in [0.05, 0.1) is 12.8 Å². The molecule has 1 aliphatic rings. The summed E-state index contributed by atoms with van der Waals surface area (Å²) in [5, 5.41) is 0. The van der Waals surface area contributed by atoms with Crippen LogP contribution in [0, 0.1) is 5.41 Å². The SMILES string of the molecule is CC(C)(C)C(=O)N1CCN(CC(=O)c2ccco2)CC1. The number of amides is 1. The van der Waals surface area contributed by atoms with Crippen molar-refractivity contribution in [3.05, 3.63) is 24.2 Å². The van der Waals surface area contributed by atoms with Gasteiger partial charge in [-0.15, -0.1) is 0 Å². The molecular weight excluding hydrogens is 256 g/mol. The molecule has 1 aliphatic heterocycles. The first kappa shape index (κ1) is 14.8. The normalized spacial score (nSPS) is 17.2. The summed E-state index contributed by atoms with van der Waals surface area (Å²) in [5.74, 6) is 0.568. The zero-order valence-electron chi connectivity index (χ0n) is 12.4. The van der Waals surface area contributed by atoms with E-state index in [-0.39, 0.29) is 17.1 Å². The lowest BCUT2D eigenvalue weighted by molar-refractivity contribution is -0.141. The number of nitrogens with zero attached hydrogens (tertiary/aromatic N) is 2. The van der Waals surface area contributed by atoms with Gasteiger partial charge in [0, 0.05) is 31.6 Å². The molecule has 0 N–H and O–H groups in total. The van der Waals surface area contributed by atoms with E-state index in [0.717, 1.165) is 13.1 Å². The second-order valence-electron chi connectivity index (χ2n) is 6.22. The fourth-order valence-electron chi connectivity index (χ4n) is 2.30. The van der Waals surface area contributed by atoms with Crippen molar-refractivity contribution in [1.29, 1.82) is 0 Å². The Morgan fingerprint density at radius 1 is 1.20 bits per heavy atom. The van der Waals surface area contributed by atoms with Crippen molar-refractivity contribution in [1.82, 2.24) is 9.80 Å². The van der Waals surface area contributed by atoms with Crippen LogP contribution in [0.25, 0.3) is 0 Å². The molecule has 0 spiro atoms. The molecule has 1 amide bonds. The summed E-state index contributed by atoms with van der Waals surface area (Å²) < 4.78 is 5.10. The van der Waals surface area contributed by atoms with Gasteiger partial charge in [-0.25, -0.2) is 0 Å². The molecule has 0 radical (unpaired) electrons. The number of hydrogen-bond acceptors (Lipinski definition) is 4. The van der Waals surface area contributed by atoms with Crippen LogP contribution in [0.3, 0.4) is 0 Å². The molecular formula is C15H22N2O3. The summed E-state index contributed by atoms with van der Waals surface area (Å²) in [5.41, 5.74) is -0.341. The predicted molar refractivity (Wildman–Crippen MR) is 75.5 cm³/mol. The Hall–Kier alpha value is -1.62. The molecule has 0 saturated carbocycles. The maximum atomic E-state index is 12.2. The van der Waals surface area contributed by atoms with Crippen molar-refractivity contribution < 1.29 is 14.0 Å². The van der Waals surface area contributed by atoms with Gasteiger partial charge in [0.2, 0.25) is 11.7 Å². The average Bonchev–Trinajstić information content (AvgIpc) is 2.91. The summed E-state index contributed by atoms with van der Waals surface area (Å²) in [6.45, 7) is 8.98. The van der Waals surface area contributed by atoms with E-state index in [2.05, 4.69) is 4.90 Å². The molecule has 0 aromatic carbocycles. The topological polar surface area (TPSA) is 53.8 Å². The zero-order valence-corrected chi connectivity index (χ0v) is 12.4. The van der Waals surface area contributed by atoms with E-state index >= 15 is 0 Å². The summed E-state index contributed by atoms with van der Waals surface area (Å²) in [6, 6.07) is 3.40. The second-order valence-corrected chi connectivity index (χ2v) is 6.22. The van der Waals surface area contributed by atoms with Gasteiger partial charge >= 0.3 is 0 Å². The van der Waals surface area contributed by atoms with Gasteiger partial charge in [-0.2, -0.15) is 0 Å². The van der Waals surface area contributed by atoms with Crippen LogP contribution in [0.2, 0.25) is 0 Å². The zero-order chi connectivity index (χ0) is 14.8. The minimum atomic E-state index is -0.341. The van der Waals surface area contributed by atoms with Gasteiger partial charge in [0.1, 0.15) is 0 Å². The molecule has 1 fully saturated rings. The third kappa shape index (κ3) is 3.48. The number of Topliss-reactive ketones (excluding diaryl/α,β-unsaturated/α-hetero) is 1. The summed E-state index contributed by atoms with van der Waals surface area (Å²) in [6.07, 6.45) is 1.51. The number of rotatable bonds is 3. The van der Waals surface area contributed by atoms with Crippen LogP contribution in [0.15, 0.2) is 22.8 Å². The number of piperazine rings is 1. The lowest BCUT2D eigenvalue weighted by Gasteiger charge is -2.37.